The summed E-state index contributed by atoms with van der Waals surface area (Å²) in [6.07, 6.45) is -3.55. The largest absolute Gasteiger partial charge is 0.493 e. The Kier molecular flexibility index (Phi) is 9.93. The summed E-state index contributed by atoms with van der Waals surface area (Å²) in [6, 6.07) is 22.2. The van der Waals surface area contributed by atoms with E-state index >= 15 is 0 Å². The zero-order chi connectivity index (χ0) is 30.1. The van der Waals surface area contributed by atoms with E-state index in [0.29, 0.717) is 46.2 Å². The Morgan fingerprint density at radius 2 is 1.69 bits per heavy atom. The molecule has 6 bridgehead atoms. The number of carbonyl (C=O) groups excluding carboxylic acids is 1. The topological polar surface area (TPSA) is 138 Å². The number of hydrogen-bond acceptors (Lipinski definition) is 8. The summed E-state index contributed by atoms with van der Waals surface area (Å²) in [7, 11) is 0. The minimum Gasteiger partial charge on any atom is -0.493 e. The number of carbonyl (C=O) groups is 2. The lowest BCUT2D eigenvalue weighted by atomic mass is 10.2. The molecule has 0 atom stereocenters. The SMILES string of the molecule is O=C(Nc1ccccc1)Nc1cc2cc(c1)OCCSc1cccc(c1)Nc1nc(ncc1Cl)N2.O=C(O)C(F)(F)F. The van der Waals surface area contributed by atoms with E-state index in [1.807, 2.05) is 60.7 Å². The molecule has 5 rings (SSSR count). The first-order valence-corrected chi connectivity index (χ1v) is 13.4. The lowest BCUT2D eigenvalue weighted by Gasteiger charge is -2.14. The highest BCUT2D eigenvalue weighted by atomic mass is 35.5. The van der Waals surface area contributed by atoms with Gasteiger partial charge in [0.15, 0.2) is 5.82 Å². The van der Waals surface area contributed by atoms with Gasteiger partial charge in [0, 0.05) is 45.5 Å². The zero-order valence-electron chi connectivity index (χ0n) is 21.4. The van der Waals surface area contributed by atoms with Gasteiger partial charge in [-0.3, -0.25) is 0 Å². The van der Waals surface area contributed by atoms with Crippen LogP contribution in [0.5, 0.6) is 5.75 Å². The molecule has 0 saturated carbocycles. The second-order valence-corrected chi connectivity index (χ2v) is 9.93. The van der Waals surface area contributed by atoms with Crippen LogP contribution >= 0.6 is 23.4 Å². The number of aliphatic carboxylic acids is 1. The fourth-order valence-electron chi connectivity index (χ4n) is 3.41. The van der Waals surface area contributed by atoms with Gasteiger partial charge in [-0.25, -0.2) is 14.6 Å². The molecule has 0 saturated heterocycles. The minimum absolute atomic E-state index is 0.342. The summed E-state index contributed by atoms with van der Waals surface area (Å²) in [5.74, 6) is -0.593. The van der Waals surface area contributed by atoms with Crippen LogP contribution in [0.25, 0.3) is 0 Å². The van der Waals surface area contributed by atoms with Gasteiger partial charge in [0.05, 0.1) is 12.8 Å². The molecular weight excluding hydrogens is 597 g/mol. The summed E-state index contributed by atoms with van der Waals surface area (Å²) in [5.41, 5.74) is 2.76. The van der Waals surface area contributed by atoms with E-state index in [-0.39, 0.29) is 6.03 Å². The molecular formula is C27H22ClF3N6O4S. The number of anilines is 6. The molecule has 1 aromatic heterocycles. The number of nitrogens with one attached hydrogen (secondary N) is 4. The molecule has 4 aromatic rings. The number of thioether (sulfide) groups is 1. The summed E-state index contributed by atoms with van der Waals surface area (Å²) < 4.78 is 37.7. The third kappa shape index (κ3) is 9.17. The lowest BCUT2D eigenvalue weighted by molar-refractivity contribution is -0.192. The van der Waals surface area contributed by atoms with Gasteiger partial charge >= 0.3 is 18.2 Å². The van der Waals surface area contributed by atoms with Crippen molar-refractivity contribution in [3.8, 4) is 5.75 Å². The number of benzene rings is 3. The number of fused-ring (bicyclic) bond motifs is 6. The second-order valence-electron chi connectivity index (χ2n) is 8.36. The molecule has 1 aliphatic heterocycles. The Labute approximate surface area is 246 Å². The van der Waals surface area contributed by atoms with Crippen molar-refractivity contribution in [3.63, 3.8) is 0 Å². The first-order valence-electron chi connectivity index (χ1n) is 12.1. The molecule has 2 heterocycles. The van der Waals surface area contributed by atoms with Gasteiger partial charge < -0.3 is 31.1 Å². The van der Waals surface area contributed by atoms with Crippen LogP contribution in [0.1, 0.15) is 0 Å². The zero-order valence-corrected chi connectivity index (χ0v) is 23.0. The highest BCUT2D eigenvalue weighted by Crippen LogP contribution is 2.31. The number of carboxylic acid groups (broad SMARTS) is 1. The van der Waals surface area contributed by atoms with Gasteiger partial charge in [0.25, 0.3) is 0 Å². The van der Waals surface area contributed by atoms with E-state index in [9.17, 15) is 18.0 Å². The third-order valence-corrected chi connectivity index (χ3v) is 6.39. The van der Waals surface area contributed by atoms with E-state index in [1.165, 1.54) is 6.20 Å². The number of halogens is 4. The Hall–Kier alpha value is -4.69. The number of ether oxygens (including phenoxy) is 1. The van der Waals surface area contributed by atoms with Gasteiger partial charge in [-0.15, -0.1) is 11.8 Å². The van der Waals surface area contributed by atoms with Gasteiger partial charge in [-0.2, -0.15) is 18.2 Å². The van der Waals surface area contributed by atoms with Crippen molar-refractivity contribution in [3.05, 3.63) is 84.0 Å². The van der Waals surface area contributed by atoms with Crippen LogP contribution in [-0.4, -0.2) is 45.6 Å². The Morgan fingerprint density at radius 3 is 2.43 bits per heavy atom. The molecule has 1 aliphatic rings. The summed E-state index contributed by atoms with van der Waals surface area (Å²) in [4.78, 5) is 31.3. The van der Waals surface area contributed by atoms with Crippen LogP contribution in [0.2, 0.25) is 5.02 Å². The van der Waals surface area contributed by atoms with Crippen molar-refractivity contribution in [1.29, 1.82) is 0 Å². The second kappa shape index (κ2) is 13.8. The fraction of sp³-hybridized carbons (Fsp3) is 0.111. The molecule has 10 nitrogen and oxygen atoms in total. The van der Waals surface area contributed by atoms with Gasteiger partial charge in [-0.05, 0) is 36.4 Å². The van der Waals surface area contributed by atoms with Crippen molar-refractivity contribution in [2.24, 2.45) is 0 Å². The van der Waals surface area contributed by atoms with Crippen molar-refractivity contribution >= 4 is 69.9 Å². The highest BCUT2D eigenvalue weighted by Gasteiger charge is 2.38. The maximum atomic E-state index is 12.5. The van der Waals surface area contributed by atoms with E-state index in [1.54, 1.807) is 23.9 Å². The number of hydrogen-bond donors (Lipinski definition) is 5. The summed E-state index contributed by atoms with van der Waals surface area (Å²) in [5, 5.41) is 19.6. The average Bonchev–Trinajstić information content (AvgIpc) is 2.93. The Balaban J connectivity index is 0.000000517. The van der Waals surface area contributed by atoms with Gasteiger partial charge in [0.1, 0.15) is 10.8 Å². The highest BCUT2D eigenvalue weighted by molar-refractivity contribution is 7.99. The number of rotatable bonds is 2. The number of nitrogens with zero attached hydrogens (tertiary/aromatic N) is 2. The van der Waals surface area contributed by atoms with E-state index in [0.717, 1.165) is 16.3 Å². The fourth-order valence-corrected chi connectivity index (χ4v) is 4.33. The van der Waals surface area contributed by atoms with Crippen molar-refractivity contribution in [1.82, 2.24) is 9.97 Å². The number of amides is 2. The summed E-state index contributed by atoms with van der Waals surface area (Å²) in [6.45, 7) is 0.484. The van der Waals surface area contributed by atoms with E-state index in [2.05, 4.69) is 31.2 Å². The third-order valence-electron chi connectivity index (χ3n) is 5.16. The number of alkyl halides is 3. The lowest BCUT2D eigenvalue weighted by Crippen LogP contribution is -2.21. The van der Waals surface area contributed by atoms with Crippen LogP contribution in [0, 0.1) is 0 Å². The average molecular weight is 619 g/mol. The van der Waals surface area contributed by atoms with E-state index < -0.39 is 12.1 Å². The molecule has 3 aromatic carbocycles. The van der Waals surface area contributed by atoms with E-state index in [4.69, 9.17) is 26.2 Å². The maximum Gasteiger partial charge on any atom is 0.490 e. The van der Waals surface area contributed by atoms with Crippen LogP contribution in [-0.2, 0) is 4.79 Å². The molecule has 0 unspecified atom stereocenters. The summed E-state index contributed by atoms with van der Waals surface area (Å²) >= 11 is 8.02. The minimum atomic E-state index is -5.08. The number of urea groups is 1. The molecule has 5 N–H and O–H groups in total. The van der Waals surface area contributed by atoms with Crippen LogP contribution in [0.15, 0.2) is 83.9 Å². The Morgan fingerprint density at radius 1 is 0.952 bits per heavy atom. The number of para-hydroxylation sites is 1. The number of carboxylic acids is 1. The molecule has 0 spiro atoms. The van der Waals surface area contributed by atoms with Gasteiger partial charge in [0.2, 0.25) is 5.95 Å². The van der Waals surface area contributed by atoms with Crippen LogP contribution in [0.3, 0.4) is 0 Å². The van der Waals surface area contributed by atoms with Crippen molar-refractivity contribution in [2.45, 2.75) is 11.1 Å². The molecule has 218 valence electrons. The normalized spacial score (nSPS) is 12.4. The first-order chi connectivity index (χ1) is 20.0. The molecule has 15 heteroatoms. The van der Waals surface area contributed by atoms with Crippen LogP contribution in [0.4, 0.5) is 52.5 Å². The predicted molar refractivity (Wildman–Crippen MR) is 155 cm³/mol. The molecule has 0 radical (unpaired) electrons. The maximum absolute atomic E-state index is 12.5. The smallest absolute Gasteiger partial charge is 0.490 e. The van der Waals surface area contributed by atoms with Crippen molar-refractivity contribution < 1.29 is 32.6 Å². The molecule has 0 aliphatic carbocycles. The molecule has 42 heavy (non-hydrogen) atoms. The van der Waals surface area contributed by atoms with Crippen molar-refractivity contribution in [2.75, 3.05) is 33.6 Å². The molecule has 0 fully saturated rings. The standard InChI is InChI=1S/C25H21ClN6O2S.C2HF3O2/c26-22-15-27-24-29-18-11-19(31-25(33)30-16-5-2-1-3-6-16)13-20(12-18)34-9-10-35-21-8-4-7-17(14-21)28-23(22)32-24;3-2(4,5)1(6)7/h1-8,11-15H,9-10H2,(H2,30,31,33)(H2,27,28,29,32);(H,6,7). The quantitative estimate of drug-likeness (QED) is 0.156. The van der Waals surface area contributed by atoms with Gasteiger partial charge in [-0.1, -0.05) is 35.9 Å². The molecule has 2 amide bonds. The van der Waals surface area contributed by atoms with Crippen LogP contribution < -0.4 is 26.0 Å². The number of aromatic nitrogens is 2. The monoisotopic (exact) mass is 618 g/mol. The first kappa shape index (κ1) is 30.3. The predicted octanol–water partition coefficient (Wildman–Crippen LogP) is 7.38. The Bertz CT molecular complexity index is 1560.